The van der Waals surface area contributed by atoms with E-state index in [0.717, 1.165) is 35.7 Å². The highest BCUT2D eigenvalue weighted by molar-refractivity contribution is 5.79. The van der Waals surface area contributed by atoms with Crippen molar-refractivity contribution in [1.82, 2.24) is 9.55 Å². The molecule has 0 radical (unpaired) electrons. The second kappa shape index (κ2) is 10.7. The van der Waals surface area contributed by atoms with Gasteiger partial charge >= 0.3 is 0 Å². The van der Waals surface area contributed by atoms with Crippen LogP contribution in [0.1, 0.15) is 19.8 Å². The van der Waals surface area contributed by atoms with Crippen LogP contribution in [0.2, 0.25) is 0 Å². The predicted octanol–water partition coefficient (Wildman–Crippen LogP) is 5.33. The van der Waals surface area contributed by atoms with Crippen molar-refractivity contribution in [3.05, 3.63) is 83.2 Å². The minimum atomic E-state index is -0.0308. The first kappa shape index (κ1) is 22.4. The highest BCUT2D eigenvalue weighted by Gasteiger charge is 2.13. The number of benzene rings is 3. The highest BCUT2D eigenvalue weighted by Crippen LogP contribution is 2.23. The smallest absolute Gasteiger partial charge is 0.261 e. The maximum Gasteiger partial charge on any atom is 0.261 e. The Morgan fingerprint density at radius 2 is 1.61 bits per heavy atom. The first-order chi connectivity index (χ1) is 16.2. The quantitative estimate of drug-likeness (QED) is 0.309. The molecule has 33 heavy (non-hydrogen) atoms. The van der Waals surface area contributed by atoms with Gasteiger partial charge in [-0.1, -0.05) is 18.2 Å². The Morgan fingerprint density at radius 1 is 0.848 bits per heavy atom. The summed E-state index contributed by atoms with van der Waals surface area (Å²) in [5, 5.41) is 0.624. The Hall–Kier alpha value is -3.80. The summed E-state index contributed by atoms with van der Waals surface area (Å²) in [6.45, 7) is 3.69. The van der Waals surface area contributed by atoms with E-state index in [9.17, 15) is 4.79 Å². The molecule has 0 aliphatic rings. The van der Waals surface area contributed by atoms with E-state index in [4.69, 9.17) is 19.2 Å². The molecule has 1 heterocycles. The van der Waals surface area contributed by atoms with E-state index >= 15 is 0 Å². The first-order valence-electron chi connectivity index (χ1n) is 11.2. The van der Waals surface area contributed by atoms with Gasteiger partial charge < -0.3 is 14.2 Å². The number of aromatic nitrogens is 2. The topological polar surface area (TPSA) is 62.6 Å². The minimum absolute atomic E-state index is 0.0308. The number of para-hydroxylation sites is 1. The van der Waals surface area contributed by atoms with Crippen LogP contribution in [0.3, 0.4) is 0 Å². The van der Waals surface area contributed by atoms with Crippen LogP contribution in [-0.4, -0.2) is 29.9 Å². The van der Waals surface area contributed by atoms with E-state index in [1.165, 1.54) is 0 Å². The minimum Gasteiger partial charge on any atom is -0.497 e. The molecule has 4 aromatic rings. The third-order valence-corrected chi connectivity index (χ3v) is 5.37. The van der Waals surface area contributed by atoms with Crippen molar-refractivity contribution in [1.29, 1.82) is 0 Å². The number of ether oxygens (including phenoxy) is 3. The first-order valence-corrected chi connectivity index (χ1v) is 11.2. The van der Waals surface area contributed by atoms with Crippen molar-refractivity contribution < 1.29 is 14.2 Å². The molecule has 170 valence electrons. The standard InChI is InChI=1S/C27H28N2O4/c1-3-32-22-9-8-10-23(19-22)33-18-7-6-17-29-26(20-13-15-21(31-2)16-14-20)28-25-12-5-4-11-24(25)27(29)30/h4-5,8-16,19H,3,6-7,17-18H2,1-2H3. The van der Waals surface area contributed by atoms with Crippen molar-refractivity contribution in [2.45, 2.75) is 26.3 Å². The average Bonchev–Trinajstić information content (AvgIpc) is 2.85. The highest BCUT2D eigenvalue weighted by atomic mass is 16.5. The zero-order valence-corrected chi connectivity index (χ0v) is 19.0. The Balaban J connectivity index is 1.49. The largest absolute Gasteiger partial charge is 0.497 e. The van der Waals surface area contributed by atoms with Crippen LogP contribution >= 0.6 is 0 Å². The average molecular weight is 445 g/mol. The number of nitrogens with zero attached hydrogens (tertiary/aromatic N) is 2. The van der Waals surface area contributed by atoms with Crippen LogP contribution in [0.25, 0.3) is 22.3 Å². The monoisotopic (exact) mass is 444 g/mol. The second-order valence-electron chi connectivity index (χ2n) is 7.60. The van der Waals surface area contributed by atoms with Crippen molar-refractivity contribution in [3.63, 3.8) is 0 Å². The molecule has 0 N–H and O–H groups in total. The Kier molecular flexibility index (Phi) is 7.25. The summed E-state index contributed by atoms with van der Waals surface area (Å²) in [4.78, 5) is 18.1. The summed E-state index contributed by atoms with van der Waals surface area (Å²) in [6.07, 6.45) is 1.59. The summed E-state index contributed by atoms with van der Waals surface area (Å²) in [6, 6.07) is 22.7. The maximum absolute atomic E-state index is 13.3. The Bertz CT molecular complexity index is 1270. The molecule has 0 bridgehead atoms. The number of methoxy groups -OCH3 is 1. The molecule has 4 rings (SSSR count). The summed E-state index contributed by atoms with van der Waals surface area (Å²) in [7, 11) is 1.63. The lowest BCUT2D eigenvalue weighted by Gasteiger charge is -2.14. The summed E-state index contributed by atoms with van der Waals surface area (Å²) < 4.78 is 18.4. The summed E-state index contributed by atoms with van der Waals surface area (Å²) >= 11 is 0. The van der Waals surface area contributed by atoms with Gasteiger partial charge in [0.2, 0.25) is 0 Å². The van der Waals surface area contributed by atoms with Gasteiger partial charge in [0.25, 0.3) is 5.56 Å². The van der Waals surface area contributed by atoms with E-state index in [2.05, 4.69) is 0 Å². The van der Waals surface area contributed by atoms with Crippen molar-refractivity contribution in [2.24, 2.45) is 0 Å². The van der Waals surface area contributed by atoms with Crippen LogP contribution < -0.4 is 19.8 Å². The lowest BCUT2D eigenvalue weighted by atomic mass is 10.1. The molecule has 0 spiro atoms. The van der Waals surface area contributed by atoms with E-state index in [0.29, 0.717) is 36.5 Å². The zero-order chi connectivity index (χ0) is 23.0. The van der Waals surface area contributed by atoms with Gasteiger partial charge in [0.15, 0.2) is 0 Å². The molecule has 0 aliphatic carbocycles. The van der Waals surface area contributed by atoms with Crippen LogP contribution in [-0.2, 0) is 6.54 Å². The Morgan fingerprint density at radius 3 is 2.36 bits per heavy atom. The molecule has 0 atom stereocenters. The fraction of sp³-hybridized carbons (Fsp3) is 0.259. The number of rotatable bonds is 10. The van der Waals surface area contributed by atoms with E-state index < -0.39 is 0 Å². The second-order valence-corrected chi connectivity index (χ2v) is 7.60. The number of hydrogen-bond acceptors (Lipinski definition) is 5. The van der Waals surface area contributed by atoms with E-state index in [1.54, 1.807) is 11.7 Å². The van der Waals surface area contributed by atoms with Crippen molar-refractivity contribution in [3.8, 4) is 28.6 Å². The van der Waals surface area contributed by atoms with Gasteiger partial charge in [0.05, 0.1) is 31.2 Å². The van der Waals surface area contributed by atoms with Crippen LogP contribution in [0.15, 0.2) is 77.6 Å². The molecule has 0 fully saturated rings. The van der Waals surface area contributed by atoms with Gasteiger partial charge in [-0.3, -0.25) is 9.36 Å². The van der Waals surface area contributed by atoms with Crippen molar-refractivity contribution >= 4 is 10.9 Å². The van der Waals surface area contributed by atoms with Gasteiger partial charge in [-0.15, -0.1) is 0 Å². The number of hydrogen-bond donors (Lipinski definition) is 0. The fourth-order valence-corrected chi connectivity index (χ4v) is 3.72. The number of fused-ring (bicyclic) bond motifs is 1. The third kappa shape index (κ3) is 5.34. The maximum atomic E-state index is 13.3. The molecule has 1 aromatic heterocycles. The summed E-state index contributed by atoms with van der Waals surface area (Å²) in [5.74, 6) is 3.00. The molecular formula is C27H28N2O4. The van der Waals surface area contributed by atoms with Gasteiger partial charge in [-0.05, 0) is 68.3 Å². The molecule has 3 aromatic carbocycles. The zero-order valence-electron chi connectivity index (χ0n) is 19.0. The van der Waals surface area contributed by atoms with E-state index in [1.807, 2.05) is 79.7 Å². The SMILES string of the molecule is CCOc1cccc(OCCCCn2c(-c3ccc(OC)cc3)nc3ccccc3c2=O)c1. The molecular weight excluding hydrogens is 416 g/mol. The molecule has 0 aliphatic heterocycles. The van der Waals surface area contributed by atoms with Gasteiger partial charge in [-0.2, -0.15) is 0 Å². The fourth-order valence-electron chi connectivity index (χ4n) is 3.72. The number of unbranched alkanes of at least 4 members (excludes halogenated alkanes) is 1. The van der Waals surface area contributed by atoms with Crippen LogP contribution in [0.5, 0.6) is 17.2 Å². The molecule has 0 amide bonds. The molecule has 6 nitrogen and oxygen atoms in total. The molecule has 0 saturated carbocycles. The molecule has 6 heteroatoms. The Labute approximate surface area is 193 Å². The van der Waals surface area contributed by atoms with Crippen LogP contribution in [0.4, 0.5) is 0 Å². The molecule has 0 unspecified atom stereocenters. The predicted molar refractivity (Wildman–Crippen MR) is 130 cm³/mol. The van der Waals surface area contributed by atoms with Crippen molar-refractivity contribution in [2.75, 3.05) is 20.3 Å². The normalized spacial score (nSPS) is 10.8. The lowest BCUT2D eigenvalue weighted by molar-refractivity contribution is 0.297. The van der Waals surface area contributed by atoms with Gasteiger partial charge in [0, 0.05) is 18.2 Å². The lowest BCUT2D eigenvalue weighted by Crippen LogP contribution is -2.24. The van der Waals surface area contributed by atoms with Gasteiger partial charge in [-0.25, -0.2) is 4.98 Å². The molecule has 0 saturated heterocycles. The third-order valence-electron chi connectivity index (χ3n) is 5.37. The van der Waals surface area contributed by atoms with Crippen LogP contribution in [0, 0.1) is 0 Å². The van der Waals surface area contributed by atoms with E-state index in [-0.39, 0.29) is 5.56 Å². The summed E-state index contributed by atoms with van der Waals surface area (Å²) in [5.41, 5.74) is 1.54. The van der Waals surface area contributed by atoms with Gasteiger partial charge in [0.1, 0.15) is 23.1 Å².